The van der Waals surface area contributed by atoms with Crippen LogP contribution in [0.2, 0.25) is 0 Å². The average molecular weight is 392 g/mol. The van der Waals surface area contributed by atoms with Crippen molar-refractivity contribution in [1.29, 1.82) is 0 Å². The van der Waals surface area contributed by atoms with Crippen LogP contribution >= 0.6 is 0 Å². The van der Waals surface area contributed by atoms with Crippen molar-refractivity contribution in [2.24, 2.45) is 5.92 Å². The van der Waals surface area contributed by atoms with Gasteiger partial charge < -0.3 is 15.7 Å². The predicted molar refractivity (Wildman–Crippen MR) is 103 cm³/mol. The molecule has 7 heteroatoms. The Balaban J connectivity index is 1.78. The molecular formula is C21H29FN2O4. The molecule has 154 valence electrons. The molecule has 1 aliphatic carbocycles. The van der Waals surface area contributed by atoms with Crippen molar-refractivity contribution in [2.75, 3.05) is 6.54 Å². The van der Waals surface area contributed by atoms with E-state index in [1.807, 2.05) is 0 Å². The van der Waals surface area contributed by atoms with Gasteiger partial charge in [0.2, 0.25) is 11.8 Å². The molecule has 1 aliphatic rings. The van der Waals surface area contributed by atoms with Crippen LogP contribution in [0.25, 0.3) is 0 Å². The quantitative estimate of drug-likeness (QED) is 0.571. The van der Waals surface area contributed by atoms with Crippen molar-refractivity contribution in [3.8, 4) is 0 Å². The zero-order valence-corrected chi connectivity index (χ0v) is 16.1. The summed E-state index contributed by atoms with van der Waals surface area (Å²) in [6, 6.07) is 5.56. The van der Waals surface area contributed by atoms with Crippen molar-refractivity contribution in [1.82, 2.24) is 10.6 Å². The number of carbonyl (C=O) groups excluding carboxylic acids is 2. The Morgan fingerprint density at radius 2 is 1.89 bits per heavy atom. The number of aliphatic carboxylic acids is 1. The normalized spacial score (nSPS) is 15.6. The van der Waals surface area contributed by atoms with Gasteiger partial charge in [0.05, 0.1) is 13.0 Å². The van der Waals surface area contributed by atoms with Gasteiger partial charge in [-0.15, -0.1) is 0 Å². The number of amides is 2. The highest BCUT2D eigenvalue weighted by atomic mass is 19.1. The number of hydrogen-bond acceptors (Lipinski definition) is 3. The van der Waals surface area contributed by atoms with E-state index in [9.17, 15) is 18.8 Å². The van der Waals surface area contributed by atoms with Crippen LogP contribution in [-0.4, -0.2) is 35.5 Å². The lowest BCUT2D eigenvalue weighted by Gasteiger charge is -2.27. The number of halogens is 1. The molecule has 0 heterocycles. The molecule has 0 spiro atoms. The van der Waals surface area contributed by atoms with Gasteiger partial charge in [0.25, 0.3) is 0 Å². The zero-order chi connectivity index (χ0) is 20.4. The van der Waals surface area contributed by atoms with Gasteiger partial charge in [0, 0.05) is 12.5 Å². The first-order valence-corrected chi connectivity index (χ1v) is 9.94. The van der Waals surface area contributed by atoms with Crippen LogP contribution in [0.1, 0.15) is 56.9 Å². The maximum Gasteiger partial charge on any atom is 0.303 e. The molecule has 1 unspecified atom stereocenters. The monoisotopic (exact) mass is 392 g/mol. The number of hydrogen-bond donors (Lipinski definition) is 3. The van der Waals surface area contributed by atoms with E-state index in [-0.39, 0.29) is 37.2 Å². The van der Waals surface area contributed by atoms with E-state index in [0.29, 0.717) is 17.9 Å². The van der Waals surface area contributed by atoms with Crippen LogP contribution in [0.3, 0.4) is 0 Å². The molecule has 0 aliphatic heterocycles. The highest BCUT2D eigenvalue weighted by molar-refractivity contribution is 5.85. The highest BCUT2D eigenvalue weighted by Crippen LogP contribution is 2.28. The zero-order valence-electron chi connectivity index (χ0n) is 16.1. The maximum atomic E-state index is 13.2. The van der Waals surface area contributed by atoms with Gasteiger partial charge in [-0.2, -0.15) is 0 Å². The summed E-state index contributed by atoms with van der Waals surface area (Å²) in [6.45, 7) is -0.178. The molecule has 0 bridgehead atoms. The summed E-state index contributed by atoms with van der Waals surface area (Å²) in [5, 5.41) is 14.3. The summed E-state index contributed by atoms with van der Waals surface area (Å²) in [7, 11) is 0. The van der Waals surface area contributed by atoms with E-state index in [0.717, 1.165) is 19.3 Å². The van der Waals surface area contributed by atoms with Crippen LogP contribution in [-0.2, 0) is 20.8 Å². The number of rotatable bonds is 10. The average Bonchev–Trinajstić information content (AvgIpc) is 2.65. The van der Waals surface area contributed by atoms with Crippen LogP contribution in [0.4, 0.5) is 4.39 Å². The Morgan fingerprint density at radius 1 is 1.14 bits per heavy atom. The number of nitrogens with one attached hydrogen (secondary N) is 2. The Hall–Kier alpha value is -2.44. The fourth-order valence-electron chi connectivity index (χ4n) is 3.72. The van der Waals surface area contributed by atoms with E-state index in [1.54, 1.807) is 6.07 Å². The summed E-state index contributed by atoms with van der Waals surface area (Å²) in [5.74, 6) is -1.48. The van der Waals surface area contributed by atoms with Crippen molar-refractivity contribution in [3.05, 3.63) is 35.6 Å². The minimum Gasteiger partial charge on any atom is -0.481 e. The van der Waals surface area contributed by atoms with Gasteiger partial charge in [-0.05, 0) is 36.5 Å². The van der Waals surface area contributed by atoms with Crippen LogP contribution < -0.4 is 10.6 Å². The molecule has 1 aromatic carbocycles. The number of carboxylic acid groups (broad SMARTS) is 1. The van der Waals surface area contributed by atoms with Crippen molar-refractivity contribution < 1.29 is 23.9 Å². The Kier molecular flexibility index (Phi) is 8.91. The topological polar surface area (TPSA) is 95.5 Å². The van der Waals surface area contributed by atoms with Crippen LogP contribution in [0.15, 0.2) is 24.3 Å². The molecule has 0 saturated heterocycles. The van der Waals surface area contributed by atoms with Gasteiger partial charge in [0.15, 0.2) is 0 Å². The lowest BCUT2D eigenvalue weighted by Crippen LogP contribution is -2.43. The smallest absolute Gasteiger partial charge is 0.303 e. The summed E-state index contributed by atoms with van der Waals surface area (Å²) in [5.41, 5.74) is 0.537. The molecule has 1 atom stereocenters. The summed E-state index contributed by atoms with van der Waals surface area (Å²) in [4.78, 5) is 35.1. The summed E-state index contributed by atoms with van der Waals surface area (Å²) < 4.78 is 13.2. The van der Waals surface area contributed by atoms with E-state index < -0.39 is 11.8 Å². The lowest BCUT2D eigenvalue weighted by molar-refractivity contribution is -0.137. The standard InChI is InChI=1S/C21H29FN2O4/c22-17-8-4-7-16(11-17)13-19(25)23-14-20(26)24-18(9-10-21(27)28)12-15-5-2-1-3-6-15/h4,7-8,11,15,18H,1-3,5-6,9-10,12-14H2,(H,23,25)(H,24,26)(H,27,28). The van der Waals surface area contributed by atoms with Gasteiger partial charge in [-0.3, -0.25) is 14.4 Å². The fraction of sp³-hybridized carbons (Fsp3) is 0.571. The molecule has 0 radical (unpaired) electrons. The number of benzene rings is 1. The predicted octanol–water partition coefficient (Wildman–Crippen LogP) is 2.80. The highest BCUT2D eigenvalue weighted by Gasteiger charge is 2.21. The Morgan fingerprint density at radius 3 is 2.57 bits per heavy atom. The largest absolute Gasteiger partial charge is 0.481 e. The summed E-state index contributed by atoms with van der Waals surface area (Å²) >= 11 is 0. The van der Waals surface area contributed by atoms with Crippen molar-refractivity contribution in [2.45, 2.75) is 63.8 Å². The van der Waals surface area contributed by atoms with Crippen molar-refractivity contribution >= 4 is 17.8 Å². The Bertz CT molecular complexity index is 674. The molecule has 0 aromatic heterocycles. The second-order valence-corrected chi connectivity index (χ2v) is 7.52. The lowest BCUT2D eigenvalue weighted by atomic mass is 9.84. The minimum atomic E-state index is -0.883. The third kappa shape index (κ3) is 8.50. The first kappa shape index (κ1) is 21.9. The van der Waals surface area contributed by atoms with Gasteiger partial charge in [-0.25, -0.2) is 4.39 Å². The van der Waals surface area contributed by atoms with Crippen LogP contribution in [0, 0.1) is 11.7 Å². The molecule has 1 aromatic rings. The molecule has 2 rings (SSSR count). The first-order chi connectivity index (χ1) is 13.4. The fourth-order valence-corrected chi connectivity index (χ4v) is 3.72. The van der Waals surface area contributed by atoms with Gasteiger partial charge in [0.1, 0.15) is 5.82 Å². The number of carbonyl (C=O) groups is 3. The Labute approximate surface area is 164 Å². The maximum absolute atomic E-state index is 13.2. The molecule has 1 fully saturated rings. The molecule has 1 saturated carbocycles. The van der Waals surface area contributed by atoms with Gasteiger partial charge >= 0.3 is 5.97 Å². The van der Waals surface area contributed by atoms with Gasteiger partial charge in [-0.1, -0.05) is 44.2 Å². The van der Waals surface area contributed by atoms with E-state index in [2.05, 4.69) is 10.6 Å². The molecule has 2 amide bonds. The SMILES string of the molecule is O=C(O)CCC(CC1CCCCC1)NC(=O)CNC(=O)Cc1cccc(F)c1. The molecule has 6 nitrogen and oxygen atoms in total. The second kappa shape index (κ2) is 11.4. The molecular weight excluding hydrogens is 363 g/mol. The third-order valence-electron chi connectivity index (χ3n) is 5.11. The van der Waals surface area contributed by atoms with E-state index >= 15 is 0 Å². The van der Waals surface area contributed by atoms with Crippen molar-refractivity contribution in [3.63, 3.8) is 0 Å². The third-order valence-corrected chi connectivity index (χ3v) is 5.11. The van der Waals surface area contributed by atoms with E-state index in [1.165, 1.54) is 37.5 Å². The minimum absolute atomic E-state index is 0.00357. The summed E-state index contributed by atoms with van der Waals surface area (Å²) in [6.07, 6.45) is 6.98. The number of carboxylic acids is 1. The second-order valence-electron chi connectivity index (χ2n) is 7.52. The first-order valence-electron chi connectivity index (χ1n) is 9.94. The molecule has 28 heavy (non-hydrogen) atoms. The van der Waals surface area contributed by atoms with E-state index in [4.69, 9.17) is 5.11 Å². The molecule has 3 N–H and O–H groups in total. The van der Waals surface area contributed by atoms with Crippen LogP contribution in [0.5, 0.6) is 0 Å².